The van der Waals surface area contributed by atoms with Crippen molar-refractivity contribution in [2.24, 2.45) is 0 Å². The molecule has 0 atom stereocenters. The molecule has 0 radical (unpaired) electrons. The SMILES string of the molecule is COCCOCCOCCOCCN(O)CCOCCOCCOCCOC. The maximum Gasteiger partial charge on any atom is 0.0701 e. The molecule has 0 fully saturated rings. The summed E-state index contributed by atoms with van der Waals surface area (Å²) in [5.41, 5.74) is 0. The normalized spacial score (nSPS) is 11.6. The highest BCUT2D eigenvalue weighted by Gasteiger charge is 2.01. The van der Waals surface area contributed by atoms with Gasteiger partial charge < -0.3 is 43.1 Å². The lowest BCUT2D eigenvalue weighted by Gasteiger charge is -2.15. The number of hydrogen-bond donors (Lipinski definition) is 1. The summed E-state index contributed by atoms with van der Waals surface area (Å²) in [5.74, 6) is 0. The van der Waals surface area contributed by atoms with Gasteiger partial charge in [0, 0.05) is 27.3 Å². The summed E-state index contributed by atoms with van der Waals surface area (Å²) >= 11 is 0. The first kappa shape index (κ1) is 27.6. The topological polar surface area (TPSA) is 97.3 Å². The van der Waals surface area contributed by atoms with E-state index in [-0.39, 0.29) is 0 Å². The van der Waals surface area contributed by atoms with Crippen LogP contribution in [-0.4, -0.2) is 130 Å². The summed E-state index contributed by atoms with van der Waals surface area (Å²) in [6, 6.07) is 0. The highest BCUT2D eigenvalue weighted by Crippen LogP contribution is 1.87. The molecule has 0 saturated carbocycles. The van der Waals surface area contributed by atoms with Gasteiger partial charge in [0.25, 0.3) is 0 Å². The zero-order valence-electron chi connectivity index (χ0n) is 17.5. The van der Waals surface area contributed by atoms with Crippen LogP contribution in [0.1, 0.15) is 0 Å². The predicted octanol–water partition coefficient (Wildman–Crippen LogP) is 0.0700. The van der Waals surface area contributed by atoms with Crippen LogP contribution < -0.4 is 0 Å². The Morgan fingerprint density at radius 2 is 0.679 bits per heavy atom. The summed E-state index contributed by atoms with van der Waals surface area (Å²) in [6.07, 6.45) is 0. The molecule has 0 aromatic rings. The van der Waals surface area contributed by atoms with E-state index in [4.69, 9.17) is 37.9 Å². The van der Waals surface area contributed by atoms with Crippen molar-refractivity contribution < 1.29 is 43.1 Å². The van der Waals surface area contributed by atoms with E-state index in [1.165, 1.54) is 5.06 Å². The Kier molecular flexibility index (Phi) is 24.3. The molecule has 0 heterocycles. The monoisotopic (exact) mass is 413 g/mol. The second-order valence-corrected chi connectivity index (χ2v) is 5.61. The van der Waals surface area contributed by atoms with Crippen molar-refractivity contribution in [3.8, 4) is 0 Å². The summed E-state index contributed by atoms with van der Waals surface area (Å²) in [7, 11) is 3.27. The van der Waals surface area contributed by atoms with Crippen LogP contribution in [0, 0.1) is 0 Å². The van der Waals surface area contributed by atoms with Crippen molar-refractivity contribution in [3.63, 3.8) is 0 Å². The van der Waals surface area contributed by atoms with Crippen LogP contribution >= 0.6 is 0 Å². The molecule has 10 nitrogen and oxygen atoms in total. The number of nitrogens with zero attached hydrogens (tertiary/aromatic N) is 1. The Morgan fingerprint density at radius 3 is 0.964 bits per heavy atom. The second kappa shape index (κ2) is 24.6. The minimum atomic E-state index is 0.415. The Balaban J connectivity index is 3.12. The van der Waals surface area contributed by atoms with Gasteiger partial charge in [-0.2, -0.15) is 5.06 Å². The lowest BCUT2D eigenvalue weighted by molar-refractivity contribution is -0.118. The van der Waals surface area contributed by atoms with Crippen molar-refractivity contribution in [1.82, 2.24) is 5.06 Å². The first-order valence-electron chi connectivity index (χ1n) is 9.69. The van der Waals surface area contributed by atoms with E-state index >= 15 is 0 Å². The average Bonchev–Trinajstić information content (AvgIpc) is 2.70. The van der Waals surface area contributed by atoms with Crippen LogP contribution in [0.3, 0.4) is 0 Å². The van der Waals surface area contributed by atoms with Crippen molar-refractivity contribution >= 4 is 0 Å². The fraction of sp³-hybridized carbons (Fsp3) is 1.00. The molecule has 28 heavy (non-hydrogen) atoms. The molecule has 0 spiro atoms. The third-order valence-corrected chi connectivity index (χ3v) is 3.34. The molecular weight excluding hydrogens is 374 g/mol. The molecule has 10 heteroatoms. The molecule has 0 aromatic heterocycles. The molecule has 0 bridgehead atoms. The van der Waals surface area contributed by atoms with Gasteiger partial charge >= 0.3 is 0 Å². The molecular formula is C18H39NO9. The highest BCUT2D eigenvalue weighted by molar-refractivity contribution is 4.45. The van der Waals surface area contributed by atoms with Gasteiger partial charge in [0.2, 0.25) is 0 Å². The molecule has 0 aromatic carbocycles. The van der Waals surface area contributed by atoms with Crippen LogP contribution in [0.2, 0.25) is 0 Å². The largest absolute Gasteiger partial charge is 0.382 e. The lowest BCUT2D eigenvalue weighted by atomic mass is 10.6. The zero-order valence-corrected chi connectivity index (χ0v) is 17.5. The third-order valence-electron chi connectivity index (χ3n) is 3.34. The van der Waals surface area contributed by atoms with Gasteiger partial charge in [-0.3, -0.25) is 0 Å². The van der Waals surface area contributed by atoms with E-state index in [1.807, 2.05) is 0 Å². The summed E-state index contributed by atoms with van der Waals surface area (Å²) in [4.78, 5) is 0. The van der Waals surface area contributed by atoms with Crippen molar-refractivity contribution in [2.75, 3.05) is 120 Å². The Bertz CT molecular complexity index is 262. The first-order chi connectivity index (χ1) is 13.8. The van der Waals surface area contributed by atoms with E-state index in [9.17, 15) is 5.21 Å². The van der Waals surface area contributed by atoms with Crippen LogP contribution in [0.25, 0.3) is 0 Å². The molecule has 1 N–H and O–H groups in total. The van der Waals surface area contributed by atoms with Crippen molar-refractivity contribution in [3.05, 3.63) is 0 Å². The van der Waals surface area contributed by atoms with E-state index in [1.54, 1.807) is 14.2 Å². The van der Waals surface area contributed by atoms with Gasteiger partial charge in [-0.15, -0.1) is 0 Å². The molecule has 0 aliphatic carbocycles. The molecule has 0 saturated heterocycles. The molecule has 0 unspecified atom stereocenters. The molecule has 0 rings (SSSR count). The maximum absolute atomic E-state index is 9.69. The van der Waals surface area contributed by atoms with Crippen molar-refractivity contribution in [1.29, 1.82) is 0 Å². The summed E-state index contributed by atoms with van der Waals surface area (Å²) < 4.78 is 41.7. The van der Waals surface area contributed by atoms with E-state index in [0.717, 1.165) is 0 Å². The molecule has 170 valence electrons. The lowest BCUT2D eigenvalue weighted by Crippen LogP contribution is -2.28. The maximum atomic E-state index is 9.69. The first-order valence-corrected chi connectivity index (χ1v) is 9.69. The van der Waals surface area contributed by atoms with E-state index in [2.05, 4.69) is 0 Å². The molecule has 0 aliphatic heterocycles. The van der Waals surface area contributed by atoms with Gasteiger partial charge in [0.1, 0.15) is 0 Å². The van der Waals surface area contributed by atoms with Crippen LogP contribution in [0.4, 0.5) is 0 Å². The fourth-order valence-corrected chi connectivity index (χ4v) is 1.82. The molecule has 0 amide bonds. The number of rotatable bonds is 24. The van der Waals surface area contributed by atoms with Crippen molar-refractivity contribution in [2.45, 2.75) is 0 Å². The van der Waals surface area contributed by atoms with Gasteiger partial charge in [-0.1, -0.05) is 0 Å². The number of ether oxygens (including phenoxy) is 8. The number of methoxy groups -OCH3 is 2. The third kappa shape index (κ3) is 23.6. The summed E-state index contributed by atoms with van der Waals surface area (Å²) in [6.45, 7) is 8.11. The van der Waals surface area contributed by atoms with Crippen LogP contribution in [0.5, 0.6) is 0 Å². The van der Waals surface area contributed by atoms with Gasteiger partial charge in [0.05, 0.1) is 92.5 Å². The van der Waals surface area contributed by atoms with E-state index < -0.39 is 0 Å². The van der Waals surface area contributed by atoms with Gasteiger partial charge in [-0.05, 0) is 0 Å². The minimum Gasteiger partial charge on any atom is -0.382 e. The quantitative estimate of drug-likeness (QED) is 0.173. The number of hydroxylamine groups is 2. The Labute approximate surface area is 168 Å². The molecule has 0 aliphatic rings. The standard InChI is InChI=1S/C18H39NO9/c1-21-7-9-25-15-17-27-13-11-23-5-3-19(20)4-6-24-12-14-28-18-16-26-10-8-22-2/h20H,3-18H2,1-2H3. The average molecular weight is 414 g/mol. The van der Waals surface area contributed by atoms with Crippen LogP contribution in [0.15, 0.2) is 0 Å². The minimum absolute atomic E-state index is 0.415. The smallest absolute Gasteiger partial charge is 0.0701 e. The van der Waals surface area contributed by atoms with Gasteiger partial charge in [-0.25, -0.2) is 0 Å². The fourth-order valence-electron chi connectivity index (χ4n) is 1.82. The summed E-state index contributed by atoms with van der Waals surface area (Å²) in [5, 5.41) is 10.9. The highest BCUT2D eigenvalue weighted by atomic mass is 16.6. The Hall–Kier alpha value is -0.400. The van der Waals surface area contributed by atoms with Crippen LogP contribution in [-0.2, 0) is 37.9 Å². The second-order valence-electron chi connectivity index (χ2n) is 5.61. The van der Waals surface area contributed by atoms with Gasteiger partial charge in [0.15, 0.2) is 0 Å². The number of hydrogen-bond acceptors (Lipinski definition) is 10. The predicted molar refractivity (Wildman–Crippen MR) is 102 cm³/mol. The zero-order chi connectivity index (χ0) is 20.5. The Morgan fingerprint density at radius 1 is 0.429 bits per heavy atom. The van der Waals surface area contributed by atoms with E-state index in [0.29, 0.717) is 106 Å².